The van der Waals surface area contributed by atoms with E-state index in [0.717, 1.165) is 11.8 Å². The van der Waals surface area contributed by atoms with Gasteiger partial charge in [0.2, 0.25) is 0 Å². The summed E-state index contributed by atoms with van der Waals surface area (Å²) in [7, 11) is 0. The van der Waals surface area contributed by atoms with Crippen LogP contribution in [0, 0.1) is 0 Å². The van der Waals surface area contributed by atoms with Gasteiger partial charge >= 0.3 is 5.97 Å². The predicted octanol–water partition coefficient (Wildman–Crippen LogP) is 5.13. The van der Waals surface area contributed by atoms with Crippen molar-refractivity contribution >= 4 is 74.7 Å². The zero-order valence-electron chi connectivity index (χ0n) is 14.5. The van der Waals surface area contributed by atoms with Crippen molar-refractivity contribution in [2.75, 3.05) is 0 Å². The number of nitrogens with one attached hydrogen (secondary N) is 1. The van der Waals surface area contributed by atoms with Crippen LogP contribution in [0.15, 0.2) is 58.6 Å². The lowest BCUT2D eigenvalue weighted by Crippen LogP contribution is -2.19. The highest BCUT2D eigenvalue weighted by Gasteiger charge is 2.24. The van der Waals surface area contributed by atoms with Crippen molar-refractivity contribution in [1.82, 2.24) is 10.3 Å². The van der Waals surface area contributed by atoms with Crippen molar-refractivity contribution in [3.8, 4) is 0 Å². The van der Waals surface area contributed by atoms with E-state index < -0.39 is 5.97 Å². The number of carboxylic acid groups (broad SMARTS) is 1. The number of amides is 1. The number of hydrogen-bond donors (Lipinski definition) is 2. The summed E-state index contributed by atoms with van der Waals surface area (Å²) in [4.78, 5) is 32.7. The third-order valence-corrected chi connectivity index (χ3v) is 5.62. The van der Waals surface area contributed by atoms with E-state index in [0.29, 0.717) is 42.3 Å². The van der Waals surface area contributed by atoms with Crippen LogP contribution >= 0.6 is 35.0 Å². The zero-order valence-corrected chi connectivity index (χ0v) is 16.8. The molecule has 4 rings (SSSR count). The molecule has 9 heteroatoms. The van der Waals surface area contributed by atoms with E-state index in [1.807, 2.05) is 0 Å². The molecule has 0 atom stereocenters. The molecule has 0 radical (unpaired) electrons. The topological polar surface area (TPSA) is 91.7 Å². The number of pyridine rings is 1. The number of carboxylic acids is 1. The van der Waals surface area contributed by atoms with Gasteiger partial charge in [-0.1, -0.05) is 35.3 Å². The summed E-state index contributed by atoms with van der Waals surface area (Å²) < 4.78 is 0. The molecule has 1 aromatic heterocycles. The van der Waals surface area contributed by atoms with Crippen LogP contribution in [0.4, 0.5) is 5.69 Å². The van der Waals surface area contributed by atoms with E-state index >= 15 is 0 Å². The Kier molecular flexibility index (Phi) is 5.27. The van der Waals surface area contributed by atoms with E-state index in [1.54, 1.807) is 42.5 Å². The molecule has 2 aromatic carbocycles. The van der Waals surface area contributed by atoms with Crippen LogP contribution in [0.5, 0.6) is 0 Å². The minimum atomic E-state index is -1.04. The normalized spacial score (nSPS) is 16.6. The highest BCUT2D eigenvalue weighted by Crippen LogP contribution is 2.35. The van der Waals surface area contributed by atoms with Crippen molar-refractivity contribution in [2.45, 2.75) is 0 Å². The largest absolute Gasteiger partial charge is 0.478 e. The van der Waals surface area contributed by atoms with Gasteiger partial charge in [-0.2, -0.15) is 0 Å². The van der Waals surface area contributed by atoms with Gasteiger partial charge in [0.15, 0.2) is 5.17 Å². The summed E-state index contributed by atoms with van der Waals surface area (Å²) in [6.07, 6.45) is 3.11. The maximum atomic E-state index is 12.3. The quantitative estimate of drug-likeness (QED) is 0.547. The second-order valence-electron chi connectivity index (χ2n) is 5.99. The van der Waals surface area contributed by atoms with Gasteiger partial charge in [0.1, 0.15) is 5.69 Å². The summed E-state index contributed by atoms with van der Waals surface area (Å²) in [6.45, 7) is 0. The van der Waals surface area contributed by atoms with E-state index in [4.69, 9.17) is 23.2 Å². The Morgan fingerprint density at radius 3 is 2.66 bits per heavy atom. The number of amidine groups is 1. The Bertz CT molecular complexity index is 1220. The van der Waals surface area contributed by atoms with Crippen molar-refractivity contribution < 1.29 is 14.7 Å². The van der Waals surface area contributed by atoms with Gasteiger partial charge in [-0.05, 0) is 53.7 Å². The van der Waals surface area contributed by atoms with Crippen LogP contribution in [0.2, 0.25) is 10.0 Å². The Balaban J connectivity index is 1.69. The fraction of sp³-hybridized carbons (Fsp3) is 0. The third kappa shape index (κ3) is 3.98. The third-order valence-electron chi connectivity index (χ3n) is 4.10. The number of para-hydroxylation sites is 1. The van der Waals surface area contributed by atoms with Crippen LogP contribution in [0.3, 0.4) is 0 Å². The molecule has 1 amide bonds. The highest BCUT2D eigenvalue weighted by molar-refractivity contribution is 8.18. The second-order valence-corrected chi connectivity index (χ2v) is 7.84. The number of nitrogens with zero attached hydrogens (tertiary/aromatic N) is 2. The Morgan fingerprint density at radius 2 is 1.93 bits per heavy atom. The van der Waals surface area contributed by atoms with Crippen molar-refractivity contribution in [1.29, 1.82) is 0 Å². The van der Waals surface area contributed by atoms with Gasteiger partial charge < -0.3 is 10.4 Å². The average molecular weight is 444 g/mol. The van der Waals surface area contributed by atoms with Gasteiger partial charge in [0.25, 0.3) is 5.91 Å². The van der Waals surface area contributed by atoms with Gasteiger partial charge in [-0.25, -0.2) is 9.79 Å². The van der Waals surface area contributed by atoms with Gasteiger partial charge in [0, 0.05) is 11.6 Å². The zero-order chi connectivity index (χ0) is 20.5. The summed E-state index contributed by atoms with van der Waals surface area (Å²) in [5.41, 5.74) is 1.76. The molecule has 0 bridgehead atoms. The minimum absolute atomic E-state index is 0.148. The lowest BCUT2D eigenvalue weighted by atomic mass is 10.1. The number of fused-ring (bicyclic) bond motifs is 1. The molecule has 0 unspecified atom stereocenters. The van der Waals surface area contributed by atoms with E-state index in [2.05, 4.69) is 15.3 Å². The average Bonchev–Trinajstić information content (AvgIpc) is 3.03. The van der Waals surface area contributed by atoms with Crippen LogP contribution in [0.25, 0.3) is 17.0 Å². The number of carbonyl (C=O) groups excluding carboxylic acids is 1. The molecule has 1 fully saturated rings. The maximum Gasteiger partial charge on any atom is 0.336 e. The molecule has 3 aromatic rings. The van der Waals surface area contributed by atoms with Gasteiger partial charge in [0.05, 0.1) is 26.0 Å². The molecular weight excluding hydrogens is 433 g/mol. The number of aromatic carboxylic acids is 1. The van der Waals surface area contributed by atoms with Crippen molar-refractivity contribution in [3.63, 3.8) is 0 Å². The molecule has 0 aliphatic carbocycles. The number of hydrogen-bond acceptors (Lipinski definition) is 5. The molecule has 144 valence electrons. The van der Waals surface area contributed by atoms with E-state index in [9.17, 15) is 14.7 Å². The molecule has 2 heterocycles. The van der Waals surface area contributed by atoms with Gasteiger partial charge in [-0.3, -0.25) is 9.78 Å². The first-order valence-electron chi connectivity index (χ1n) is 8.28. The number of benzene rings is 2. The Hall–Kier alpha value is -2.87. The Labute approximate surface area is 179 Å². The van der Waals surface area contributed by atoms with Crippen LogP contribution in [0.1, 0.15) is 15.9 Å². The summed E-state index contributed by atoms with van der Waals surface area (Å²) in [5.74, 6) is -1.36. The van der Waals surface area contributed by atoms with Gasteiger partial charge in [-0.15, -0.1) is 0 Å². The number of halogens is 2. The SMILES string of the molecule is O=C1NC(=Nc2c(Cl)cccc2Cl)S/C1=C/c1ccc2nccc(C(=O)O)c2c1. The fourth-order valence-electron chi connectivity index (χ4n) is 2.77. The maximum absolute atomic E-state index is 12.3. The lowest BCUT2D eigenvalue weighted by molar-refractivity contribution is -0.115. The molecule has 1 aliphatic rings. The predicted molar refractivity (Wildman–Crippen MR) is 116 cm³/mol. The number of carbonyl (C=O) groups is 2. The smallest absolute Gasteiger partial charge is 0.336 e. The first-order valence-corrected chi connectivity index (χ1v) is 9.85. The first kappa shape index (κ1) is 19.4. The summed E-state index contributed by atoms with van der Waals surface area (Å²) in [5, 5.41) is 13.6. The molecule has 29 heavy (non-hydrogen) atoms. The molecule has 0 spiro atoms. The van der Waals surface area contributed by atoms with Crippen LogP contribution < -0.4 is 5.32 Å². The minimum Gasteiger partial charge on any atom is -0.478 e. The van der Waals surface area contributed by atoms with Crippen molar-refractivity contribution in [3.05, 3.63) is 74.7 Å². The Morgan fingerprint density at radius 1 is 1.17 bits per heavy atom. The molecular formula is C20H11Cl2N3O3S. The first-order chi connectivity index (χ1) is 13.9. The van der Waals surface area contributed by atoms with E-state index in [-0.39, 0.29) is 11.5 Å². The molecule has 1 aliphatic heterocycles. The number of rotatable bonds is 3. The standard InChI is InChI=1S/C20H11Cl2N3O3S/c21-13-2-1-3-14(22)17(13)24-20-25-18(26)16(29-20)9-10-4-5-15-12(8-10)11(19(27)28)6-7-23-15/h1-9H,(H,27,28)(H,24,25,26)/b16-9+. The van der Waals surface area contributed by atoms with E-state index in [1.165, 1.54) is 12.3 Å². The molecule has 0 saturated carbocycles. The van der Waals surface area contributed by atoms with Crippen LogP contribution in [-0.2, 0) is 4.79 Å². The van der Waals surface area contributed by atoms with Crippen LogP contribution in [-0.4, -0.2) is 27.1 Å². The number of thioether (sulfide) groups is 1. The fourth-order valence-corrected chi connectivity index (χ4v) is 4.08. The summed E-state index contributed by atoms with van der Waals surface area (Å²) in [6, 6.07) is 11.6. The number of aromatic nitrogens is 1. The van der Waals surface area contributed by atoms with Crippen molar-refractivity contribution in [2.24, 2.45) is 4.99 Å². The molecule has 2 N–H and O–H groups in total. The second kappa shape index (κ2) is 7.87. The lowest BCUT2D eigenvalue weighted by Gasteiger charge is -2.03. The molecule has 6 nitrogen and oxygen atoms in total. The molecule has 1 saturated heterocycles. The monoisotopic (exact) mass is 443 g/mol. The highest BCUT2D eigenvalue weighted by atomic mass is 35.5. The number of aliphatic imine (C=N–C) groups is 1. The summed E-state index contributed by atoms with van der Waals surface area (Å²) >= 11 is 13.4.